The second-order valence-corrected chi connectivity index (χ2v) is 7.41. The van der Waals surface area contributed by atoms with Crippen LogP contribution in [-0.2, 0) is 11.3 Å². The van der Waals surface area contributed by atoms with Gasteiger partial charge in [-0.3, -0.25) is 4.79 Å². The molecule has 0 aromatic heterocycles. The fraction of sp³-hybridized carbons (Fsp3) is 0.350. The van der Waals surface area contributed by atoms with Crippen LogP contribution in [0.5, 0.6) is 0 Å². The first-order chi connectivity index (χ1) is 11.5. The largest absolute Gasteiger partial charge is 0.380 e. The van der Waals surface area contributed by atoms with Crippen LogP contribution in [-0.4, -0.2) is 18.3 Å². The molecule has 0 aliphatic heterocycles. The molecule has 24 heavy (non-hydrogen) atoms. The summed E-state index contributed by atoms with van der Waals surface area (Å²) in [7, 11) is 1.65. The van der Waals surface area contributed by atoms with Gasteiger partial charge in [0, 0.05) is 28.5 Å². The van der Waals surface area contributed by atoms with Crippen LogP contribution in [0.4, 0.5) is 5.69 Å². The first kappa shape index (κ1) is 18.6. The summed E-state index contributed by atoms with van der Waals surface area (Å²) in [5.74, 6) is -0.0987. The van der Waals surface area contributed by atoms with Crippen molar-refractivity contribution in [1.82, 2.24) is 0 Å². The van der Waals surface area contributed by atoms with Crippen molar-refractivity contribution in [3.05, 3.63) is 59.2 Å². The summed E-state index contributed by atoms with van der Waals surface area (Å²) >= 11 is 1.86. The van der Waals surface area contributed by atoms with Gasteiger partial charge in [0.15, 0.2) is 0 Å². The minimum absolute atomic E-state index is 0.0987. The van der Waals surface area contributed by atoms with Crippen molar-refractivity contribution in [2.75, 3.05) is 12.4 Å². The molecule has 1 amide bonds. The summed E-state index contributed by atoms with van der Waals surface area (Å²) in [5, 5.41) is 3.59. The predicted molar refractivity (Wildman–Crippen MR) is 102 cm³/mol. The van der Waals surface area contributed by atoms with E-state index < -0.39 is 0 Å². The third-order valence-electron chi connectivity index (χ3n) is 3.86. The van der Waals surface area contributed by atoms with Gasteiger partial charge in [0.05, 0.1) is 6.61 Å². The molecule has 0 bridgehead atoms. The molecule has 2 aromatic rings. The SMILES string of the molecule is CCC(C)Sc1ccc(NC(=O)c2cccc(COC)c2)c(C)c1. The molecule has 0 heterocycles. The second-order valence-electron chi connectivity index (χ2n) is 5.90. The monoisotopic (exact) mass is 343 g/mol. The lowest BCUT2D eigenvalue weighted by Crippen LogP contribution is -2.13. The van der Waals surface area contributed by atoms with Crippen molar-refractivity contribution < 1.29 is 9.53 Å². The highest BCUT2D eigenvalue weighted by Gasteiger charge is 2.10. The van der Waals surface area contributed by atoms with E-state index in [0.717, 1.165) is 23.2 Å². The Labute approximate surface area is 148 Å². The maximum absolute atomic E-state index is 12.5. The molecule has 128 valence electrons. The van der Waals surface area contributed by atoms with Crippen LogP contribution in [0.1, 0.15) is 41.8 Å². The highest BCUT2D eigenvalue weighted by Crippen LogP contribution is 2.28. The zero-order valence-electron chi connectivity index (χ0n) is 14.8. The molecule has 2 rings (SSSR count). The fourth-order valence-electron chi connectivity index (χ4n) is 2.33. The fourth-order valence-corrected chi connectivity index (χ4v) is 3.35. The summed E-state index contributed by atoms with van der Waals surface area (Å²) < 4.78 is 5.12. The van der Waals surface area contributed by atoms with E-state index in [1.54, 1.807) is 7.11 Å². The molecule has 1 atom stereocenters. The lowest BCUT2D eigenvalue weighted by atomic mass is 10.1. The van der Waals surface area contributed by atoms with E-state index in [0.29, 0.717) is 17.4 Å². The number of hydrogen-bond donors (Lipinski definition) is 1. The van der Waals surface area contributed by atoms with Gasteiger partial charge >= 0.3 is 0 Å². The number of ether oxygens (including phenoxy) is 1. The Kier molecular flexibility index (Phi) is 6.88. The molecule has 2 aromatic carbocycles. The Hall–Kier alpha value is -1.78. The van der Waals surface area contributed by atoms with E-state index in [1.165, 1.54) is 4.90 Å². The van der Waals surface area contributed by atoms with Crippen LogP contribution in [0.3, 0.4) is 0 Å². The maximum Gasteiger partial charge on any atom is 0.255 e. The van der Waals surface area contributed by atoms with Crippen LogP contribution in [0.25, 0.3) is 0 Å². The van der Waals surface area contributed by atoms with Gasteiger partial charge in [-0.25, -0.2) is 0 Å². The van der Waals surface area contributed by atoms with E-state index in [2.05, 4.69) is 31.3 Å². The third-order valence-corrected chi connectivity index (χ3v) is 5.12. The van der Waals surface area contributed by atoms with Gasteiger partial charge in [0.2, 0.25) is 0 Å². The van der Waals surface area contributed by atoms with Gasteiger partial charge in [-0.05, 0) is 54.8 Å². The van der Waals surface area contributed by atoms with Crippen molar-refractivity contribution in [3.8, 4) is 0 Å². The number of hydrogen-bond acceptors (Lipinski definition) is 3. The highest BCUT2D eigenvalue weighted by atomic mass is 32.2. The highest BCUT2D eigenvalue weighted by molar-refractivity contribution is 7.99. The molecule has 0 aliphatic carbocycles. The Balaban J connectivity index is 2.10. The number of methoxy groups -OCH3 is 1. The molecule has 0 radical (unpaired) electrons. The summed E-state index contributed by atoms with van der Waals surface area (Å²) in [6.45, 7) is 6.94. The van der Waals surface area contributed by atoms with Crippen molar-refractivity contribution in [2.45, 2.75) is 43.9 Å². The van der Waals surface area contributed by atoms with Crippen LogP contribution < -0.4 is 5.32 Å². The summed E-state index contributed by atoms with van der Waals surface area (Å²) in [4.78, 5) is 13.7. The van der Waals surface area contributed by atoms with Gasteiger partial charge < -0.3 is 10.1 Å². The van der Waals surface area contributed by atoms with Gasteiger partial charge in [-0.2, -0.15) is 0 Å². The van der Waals surface area contributed by atoms with Crippen molar-refractivity contribution >= 4 is 23.4 Å². The number of anilines is 1. The van der Waals surface area contributed by atoms with Crippen LogP contribution >= 0.6 is 11.8 Å². The van der Waals surface area contributed by atoms with E-state index in [-0.39, 0.29) is 5.91 Å². The average Bonchev–Trinajstić information content (AvgIpc) is 2.57. The number of thioether (sulfide) groups is 1. The number of rotatable bonds is 7. The summed E-state index contributed by atoms with van der Waals surface area (Å²) in [6, 6.07) is 13.7. The number of amides is 1. The number of carbonyl (C=O) groups excluding carboxylic acids is 1. The van der Waals surface area contributed by atoms with E-state index >= 15 is 0 Å². The lowest BCUT2D eigenvalue weighted by molar-refractivity contribution is 0.102. The molecule has 3 nitrogen and oxygen atoms in total. The molecule has 1 unspecified atom stereocenters. The number of carbonyl (C=O) groups is 1. The zero-order chi connectivity index (χ0) is 17.5. The minimum atomic E-state index is -0.0987. The third kappa shape index (κ3) is 5.11. The van der Waals surface area contributed by atoms with Gasteiger partial charge in [-0.15, -0.1) is 11.8 Å². The predicted octanol–water partition coefficient (Wildman–Crippen LogP) is 5.28. The summed E-state index contributed by atoms with van der Waals surface area (Å²) in [5.41, 5.74) is 3.56. The second kappa shape index (κ2) is 8.90. The molecule has 0 saturated heterocycles. The number of benzene rings is 2. The van der Waals surface area contributed by atoms with Crippen LogP contribution in [0.15, 0.2) is 47.4 Å². The number of aryl methyl sites for hydroxylation is 1. The Morgan fingerprint density at radius 1 is 1.25 bits per heavy atom. The van der Waals surface area contributed by atoms with Crippen LogP contribution in [0.2, 0.25) is 0 Å². The first-order valence-electron chi connectivity index (χ1n) is 8.20. The molecule has 0 spiro atoms. The van der Waals surface area contributed by atoms with Crippen LogP contribution in [0, 0.1) is 6.92 Å². The molecule has 4 heteroatoms. The smallest absolute Gasteiger partial charge is 0.255 e. The number of nitrogens with one attached hydrogen (secondary N) is 1. The zero-order valence-corrected chi connectivity index (χ0v) is 15.6. The molecule has 1 N–H and O–H groups in total. The Bertz CT molecular complexity index is 700. The van der Waals surface area contributed by atoms with E-state index in [4.69, 9.17) is 4.74 Å². The van der Waals surface area contributed by atoms with Crippen molar-refractivity contribution in [3.63, 3.8) is 0 Å². The van der Waals surface area contributed by atoms with Gasteiger partial charge in [0.1, 0.15) is 0 Å². The van der Waals surface area contributed by atoms with Crippen molar-refractivity contribution in [1.29, 1.82) is 0 Å². The van der Waals surface area contributed by atoms with Crippen molar-refractivity contribution in [2.24, 2.45) is 0 Å². The standard InChI is InChI=1S/C20H25NO2S/c1-5-15(3)24-18-9-10-19(14(2)11-18)21-20(22)17-8-6-7-16(12-17)13-23-4/h6-12,15H,5,13H2,1-4H3,(H,21,22). The summed E-state index contributed by atoms with van der Waals surface area (Å²) in [6.07, 6.45) is 1.14. The quantitative estimate of drug-likeness (QED) is 0.695. The molecule has 0 aliphatic rings. The average molecular weight is 343 g/mol. The Morgan fingerprint density at radius 3 is 2.71 bits per heavy atom. The normalized spacial score (nSPS) is 12.0. The molecular weight excluding hydrogens is 318 g/mol. The Morgan fingerprint density at radius 2 is 2.04 bits per heavy atom. The minimum Gasteiger partial charge on any atom is -0.380 e. The van der Waals surface area contributed by atoms with Gasteiger partial charge in [0.25, 0.3) is 5.91 Å². The molecule has 0 saturated carbocycles. The van der Waals surface area contributed by atoms with E-state index in [9.17, 15) is 4.79 Å². The molecule has 0 fully saturated rings. The molecular formula is C20H25NO2S. The topological polar surface area (TPSA) is 38.3 Å². The van der Waals surface area contributed by atoms with Gasteiger partial charge in [-0.1, -0.05) is 26.0 Å². The first-order valence-corrected chi connectivity index (χ1v) is 9.08. The lowest BCUT2D eigenvalue weighted by Gasteiger charge is -2.13. The maximum atomic E-state index is 12.5. The van der Waals surface area contributed by atoms with E-state index in [1.807, 2.05) is 49.0 Å².